The molecule has 2 aromatic heterocycles. The topological polar surface area (TPSA) is 56.7 Å². The molecular formula is C24H25FN4. The Balaban J connectivity index is 1.65. The molecule has 0 amide bonds. The Morgan fingerprint density at radius 3 is 2.59 bits per heavy atom. The molecule has 4 aromatic rings. The number of anilines is 1. The Labute approximate surface area is 170 Å². The molecule has 148 valence electrons. The van der Waals surface area contributed by atoms with Crippen molar-refractivity contribution >= 4 is 16.6 Å². The lowest BCUT2D eigenvalue weighted by molar-refractivity contribution is 0.623. The lowest BCUT2D eigenvalue weighted by atomic mass is 9.93. The Morgan fingerprint density at radius 1 is 1.10 bits per heavy atom. The van der Waals surface area contributed by atoms with E-state index in [1.54, 1.807) is 0 Å². The number of hydrogen-bond acceptors (Lipinski definition) is 3. The molecule has 0 aliphatic carbocycles. The van der Waals surface area contributed by atoms with Crippen LogP contribution in [-0.2, 0) is 13.5 Å². The van der Waals surface area contributed by atoms with Crippen LogP contribution >= 0.6 is 0 Å². The standard InChI is InChI=1S/C24H25FN4/c1-15(17-6-8-20(25)9-7-17)4-5-18-13-21-23(14-22(18)26)29(3)28-24(21)19-10-11-27-16(2)12-19/h6-15H,4-5,26H2,1-3H3/t15-/m0/s1. The molecule has 0 saturated heterocycles. The molecule has 1 atom stereocenters. The molecular weight excluding hydrogens is 363 g/mol. The number of halogens is 1. The number of pyridine rings is 1. The summed E-state index contributed by atoms with van der Waals surface area (Å²) in [6.45, 7) is 4.14. The zero-order valence-corrected chi connectivity index (χ0v) is 17.0. The molecule has 2 N–H and O–H groups in total. The maximum atomic E-state index is 13.2. The number of nitrogens with two attached hydrogens (primary N) is 1. The van der Waals surface area contributed by atoms with Crippen molar-refractivity contribution in [3.05, 3.63) is 77.4 Å². The van der Waals surface area contributed by atoms with Gasteiger partial charge in [-0.25, -0.2) is 4.39 Å². The van der Waals surface area contributed by atoms with E-state index in [-0.39, 0.29) is 5.82 Å². The molecule has 2 heterocycles. The molecule has 2 aromatic carbocycles. The lowest BCUT2D eigenvalue weighted by Gasteiger charge is -2.13. The van der Waals surface area contributed by atoms with Gasteiger partial charge in [0.1, 0.15) is 11.5 Å². The summed E-state index contributed by atoms with van der Waals surface area (Å²) in [6.07, 6.45) is 3.60. The molecule has 0 fully saturated rings. The van der Waals surface area contributed by atoms with Gasteiger partial charge in [0.15, 0.2) is 0 Å². The van der Waals surface area contributed by atoms with Crippen molar-refractivity contribution in [2.75, 3.05) is 5.73 Å². The van der Waals surface area contributed by atoms with Crippen molar-refractivity contribution in [2.24, 2.45) is 7.05 Å². The van der Waals surface area contributed by atoms with Gasteiger partial charge in [-0.3, -0.25) is 9.67 Å². The van der Waals surface area contributed by atoms with Crippen LogP contribution in [0, 0.1) is 12.7 Å². The third-order valence-corrected chi connectivity index (χ3v) is 5.57. The van der Waals surface area contributed by atoms with E-state index in [1.165, 1.54) is 12.1 Å². The second-order valence-electron chi connectivity index (χ2n) is 7.72. The highest BCUT2D eigenvalue weighted by molar-refractivity contribution is 5.95. The van der Waals surface area contributed by atoms with Crippen molar-refractivity contribution in [1.29, 1.82) is 0 Å². The Hall–Kier alpha value is -3.21. The van der Waals surface area contributed by atoms with E-state index in [2.05, 4.69) is 24.0 Å². The summed E-state index contributed by atoms with van der Waals surface area (Å²) in [4.78, 5) is 4.29. The summed E-state index contributed by atoms with van der Waals surface area (Å²) in [7, 11) is 1.94. The minimum atomic E-state index is -0.203. The van der Waals surface area contributed by atoms with Crippen LogP contribution in [0.15, 0.2) is 54.7 Å². The molecule has 0 spiro atoms. The van der Waals surface area contributed by atoms with Gasteiger partial charge in [-0.15, -0.1) is 0 Å². The third-order valence-electron chi connectivity index (χ3n) is 5.57. The van der Waals surface area contributed by atoms with E-state index >= 15 is 0 Å². The normalized spacial score (nSPS) is 12.4. The van der Waals surface area contributed by atoms with Crippen LogP contribution in [0.25, 0.3) is 22.2 Å². The number of aromatic nitrogens is 3. The van der Waals surface area contributed by atoms with E-state index in [0.717, 1.165) is 57.5 Å². The van der Waals surface area contributed by atoms with Gasteiger partial charge in [-0.2, -0.15) is 5.10 Å². The molecule has 0 radical (unpaired) electrons. The molecule has 0 unspecified atom stereocenters. The smallest absolute Gasteiger partial charge is 0.123 e. The first kappa shape index (κ1) is 19.1. The van der Waals surface area contributed by atoms with Gasteiger partial charge in [0, 0.05) is 35.6 Å². The fourth-order valence-electron chi connectivity index (χ4n) is 3.82. The molecule has 0 saturated carbocycles. The average molecular weight is 388 g/mol. The predicted octanol–water partition coefficient (Wildman–Crippen LogP) is 5.40. The monoisotopic (exact) mass is 388 g/mol. The first-order chi connectivity index (χ1) is 13.9. The molecule has 0 aliphatic heterocycles. The van der Waals surface area contributed by atoms with Crippen molar-refractivity contribution in [3.63, 3.8) is 0 Å². The lowest BCUT2D eigenvalue weighted by Crippen LogP contribution is -2.00. The number of fused-ring (bicyclic) bond motifs is 1. The van der Waals surface area contributed by atoms with Crippen LogP contribution in [0.1, 0.15) is 36.1 Å². The zero-order chi connectivity index (χ0) is 20.5. The summed E-state index contributed by atoms with van der Waals surface area (Å²) in [5.41, 5.74) is 13.4. The number of nitrogen functional groups attached to an aromatic ring is 1. The van der Waals surface area contributed by atoms with E-state index in [9.17, 15) is 4.39 Å². The summed E-state index contributed by atoms with van der Waals surface area (Å²) < 4.78 is 15.1. The first-order valence-corrected chi connectivity index (χ1v) is 9.86. The van der Waals surface area contributed by atoms with Crippen LogP contribution in [0.3, 0.4) is 0 Å². The summed E-state index contributed by atoms with van der Waals surface area (Å²) in [5, 5.41) is 5.83. The Kier molecular flexibility index (Phi) is 5.05. The van der Waals surface area contributed by atoms with Gasteiger partial charge in [-0.05, 0) is 73.2 Å². The fourth-order valence-corrected chi connectivity index (χ4v) is 3.82. The molecule has 5 heteroatoms. The maximum Gasteiger partial charge on any atom is 0.123 e. The van der Waals surface area contributed by atoms with Gasteiger partial charge in [0.25, 0.3) is 0 Å². The van der Waals surface area contributed by atoms with Crippen molar-refractivity contribution < 1.29 is 4.39 Å². The van der Waals surface area contributed by atoms with Crippen molar-refractivity contribution in [1.82, 2.24) is 14.8 Å². The fraction of sp³-hybridized carbons (Fsp3) is 0.250. The molecule has 0 bridgehead atoms. The van der Waals surface area contributed by atoms with Gasteiger partial charge in [-0.1, -0.05) is 19.1 Å². The van der Waals surface area contributed by atoms with Crippen molar-refractivity contribution in [2.45, 2.75) is 32.6 Å². The molecule has 4 nitrogen and oxygen atoms in total. The average Bonchev–Trinajstić information content (AvgIpc) is 3.02. The number of nitrogens with zero attached hydrogens (tertiary/aromatic N) is 3. The van der Waals surface area contributed by atoms with Gasteiger partial charge < -0.3 is 5.73 Å². The van der Waals surface area contributed by atoms with Crippen LogP contribution in [-0.4, -0.2) is 14.8 Å². The third kappa shape index (κ3) is 3.86. The number of rotatable bonds is 5. The van der Waals surface area contributed by atoms with Gasteiger partial charge in [0.05, 0.1) is 5.52 Å². The van der Waals surface area contributed by atoms with Crippen LogP contribution in [0.2, 0.25) is 0 Å². The van der Waals surface area contributed by atoms with Crippen molar-refractivity contribution in [3.8, 4) is 11.3 Å². The Morgan fingerprint density at radius 2 is 1.86 bits per heavy atom. The van der Waals surface area contributed by atoms with Gasteiger partial charge >= 0.3 is 0 Å². The summed E-state index contributed by atoms with van der Waals surface area (Å²) in [6, 6.07) is 15.0. The summed E-state index contributed by atoms with van der Waals surface area (Å²) in [5.74, 6) is 0.119. The summed E-state index contributed by atoms with van der Waals surface area (Å²) >= 11 is 0. The Bertz CT molecular complexity index is 1160. The van der Waals surface area contributed by atoms with E-state index in [4.69, 9.17) is 10.8 Å². The van der Waals surface area contributed by atoms with Crippen LogP contribution in [0.4, 0.5) is 10.1 Å². The number of aryl methyl sites for hydroxylation is 3. The predicted molar refractivity (Wildman–Crippen MR) is 116 cm³/mol. The second kappa shape index (κ2) is 7.66. The highest BCUT2D eigenvalue weighted by Gasteiger charge is 2.15. The number of hydrogen-bond donors (Lipinski definition) is 1. The second-order valence-corrected chi connectivity index (χ2v) is 7.72. The minimum Gasteiger partial charge on any atom is -0.398 e. The highest BCUT2D eigenvalue weighted by atomic mass is 19.1. The molecule has 29 heavy (non-hydrogen) atoms. The zero-order valence-electron chi connectivity index (χ0n) is 17.0. The van der Waals surface area contributed by atoms with E-state index in [1.807, 2.05) is 49.1 Å². The van der Waals surface area contributed by atoms with Crippen LogP contribution < -0.4 is 5.73 Å². The largest absolute Gasteiger partial charge is 0.398 e. The van der Waals surface area contributed by atoms with Gasteiger partial charge in [0.2, 0.25) is 0 Å². The SMILES string of the molecule is Cc1cc(-c2nn(C)c3cc(N)c(CC[C@H](C)c4ccc(F)cc4)cc23)ccn1. The van der Waals surface area contributed by atoms with E-state index in [0.29, 0.717) is 5.92 Å². The highest BCUT2D eigenvalue weighted by Crippen LogP contribution is 2.32. The van der Waals surface area contributed by atoms with Crippen LogP contribution in [0.5, 0.6) is 0 Å². The quantitative estimate of drug-likeness (QED) is 0.466. The minimum absolute atomic E-state index is 0.203. The maximum absolute atomic E-state index is 13.2. The van der Waals surface area contributed by atoms with E-state index < -0.39 is 0 Å². The first-order valence-electron chi connectivity index (χ1n) is 9.86. The molecule has 0 aliphatic rings. The number of benzene rings is 2. The molecule has 4 rings (SSSR count).